The van der Waals surface area contributed by atoms with E-state index in [-0.39, 0.29) is 11.7 Å². The molecule has 1 aromatic carbocycles. The minimum absolute atomic E-state index is 0.205. The molecule has 2 rings (SSSR count). The lowest BCUT2D eigenvalue weighted by Gasteiger charge is -2.03. The van der Waals surface area contributed by atoms with Crippen molar-refractivity contribution in [2.45, 2.75) is 6.54 Å². The molecule has 3 N–H and O–H groups in total. The maximum Gasteiger partial charge on any atom is 0.268 e. The van der Waals surface area contributed by atoms with Gasteiger partial charge in [-0.05, 0) is 23.8 Å². The van der Waals surface area contributed by atoms with Gasteiger partial charge in [0.25, 0.3) is 5.91 Å². The third kappa shape index (κ3) is 3.01. The summed E-state index contributed by atoms with van der Waals surface area (Å²) in [5.74, 6) is -0.0128. The van der Waals surface area contributed by atoms with Gasteiger partial charge in [-0.15, -0.1) is 0 Å². The van der Waals surface area contributed by atoms with Crippen LogP contribution in [-0.4, -0.2) is 16.0 Å². The Morgan fingerprint density at radius 1 is 1.35 bits per heavy atom. The largest absolute Gasteiger partial charge is 0.508 e. The summed E-state index contributed by atoms with van der Waals surface area (Å²) in [6.45, 7) is 0.399. The summed E-state index contributed by atoms with van der Waals surface area (Å²) in [4.78, 5) is 14.4. The van der Waals surface area contributed by atoms with Gasteiger partial charge in [-0.2, -0.15) is 0 Å². The number of phenolic OH excluding ortho intramolecular Hbond substituents is 1. The van der Waals surface area contributed by atoms with Crippen molar-refractivity contribution < 1.29 is 9.90 Å². The quantitative estimate of drug-likeness (QED) is 0.783. The molecule has 1 amide bonds. The Bertz CT molecular complexity index is 520. The number of H-pyrrole nitrogens is 1. The Balaban J connectivity index is 1.94. The van der Waals surface area contributed by atoms with Crippen LogP contribution in [0.4, 0.5) is 0 Å². The number of amides is 1. The SMILES string of the molecule is O=C(NCc1ccc(O)cc1)c1cc(Cl)c[nH]1. The van der Waals surface area contributed by atoms with Crippen molar-refractivity contribution in [3.8, 4) is 5.75 Å². The number of hydrogen-bond donors (Lipinski definition) is 3. The highest BCUT2D eigenvalue weighted by Crippen LogP contribution is 2.11. The molecule has 0 radical (unpaired) electrons. The number of rotatable bonds is 3. The Morgan fingerprint density at radius 3 is 2.65 bits per heavy atom. The summed E-state index contributed by atoms with van der Waals surface area (Å²) in [6, 6.07) is 8.21. The zero-order chi connectivity index (χ0) is 12.3. The van der Waals surface area contributed by atoms with Crippen molar-refractivity contribution in [3.63, 3.8) is 0 Å². The molecule has 0 bridgehead atoms. The maximum absolute atomic E-state index is 11.6. The molecular weight excluding hydrogens is 240 g/mol. The molecule has 5 heteroatoms. The van der Waals surface area contributed by atoms with Crippen LogP contribution < -0.4 is 5.32 Å². The fourth-order valence-electron chi connectivity index (χ4n) is 1.39. The van der Waals surface area contributed by atoms with Crippen LogP contribution in [0.1, 0.15) is 16.1 Å². The highest BCUT2D eigenvalue weighted by molar-refractivity contribution is 6.30. The second-order valence-corrected chi connectivity index (χ2v) is 4.02. The van der Waals surface area contributed by atoms with Gasteiger partial charge in [0.15, 0.2) is 0 Å². The van der Waals surface area contributed by atoms with E-state index in [1.165, 1.54) is 0 Å². The van der Waals surface area contributed by atoms with E-state index in [2.05, 4.69) is 10.3 Å². The lowest BCUT2D eigenvalue weighted by molar-refractivity contribution is 0.0946. The first-order valence-electron chi connectivity index (χ1n) is 5.05. The molecule has 0 fully saturated rings. The monoisotopic (exact) mass is 250 g/mol. The highest BCUT2D eigenvalue weighted by Gasteiger charge is 2.07. The van der Waals surface area contributed by atoms with E-state index >= 15 is 0 Å². The number of carbonyl (C=O) groups is 1. The molecule has 2 aromatic rings. The second kappa shape index (κ2) is 4.93. The summed E-state index contributed by atoms with van der Waals surface area (Å²) >= 11 is 5.70. The molecule has 1 aromatic heterocycles. The van der Waals surface area contributed by atoms with Crippen LogP contribution in [-0.2, 0) is 6.54 Å². The van der Waals surface area contributed by atoms with E-state index in [4.69, 9.17) is 16.7 Å². The van der Waals surface area contributed by atoms with Crippen molar-refractivity contribution in [2.24, 2.45) is 0 Å². The fraction of sp³-hybridized carbons (Fsp3) is 0.0833. The van der Waals surface area contributed by atoms with Gasteiger partial charge in [-0.25, -0.2) is 0 Å². The predicted octanol–water partition coefficient (Wildman–Crippen LogP) is 2.30. The van der Waals surface area contributed by atoms with Crippen molar-refractivity contribution in [1.82, 2.24) is 10.3 Å². The first-order valence-corrected chi connectivity index (χ1v) is 5.43. The molecule has 0 unspecified atom stereocenters. The van der Waals surface area contributed by atoms with Gasteiger partial charge < -0.3 is 15.4 Å². The third-order valence-corrected chi connectivity index (χ3v) is 2.50. The van der Waals surface area contributed by atoms with Gasteiger partial charge in [0.1, 0.15) is 11.4 Å². The predicted molar refractivity (Wildman–Crippen MR) is 65.1 cm³/mol. The molecule has 88 valence electrons. The average Bonchev–Trinajstić information content (AvgIpc) is 2.75. The zero-order valence-corrected chi connectivity index (χ0v) is 9.66. The molecule has 0 aliphatic heterocycles. The fourth-order valence-corrected chi connectivity index (χ4v) is 1.55. The van der Waals surface area contributed by atoms with E-state index in [1.807, 2.05) is 0 Å². The number of aromatic amines is 1. The lowest BCUT2D eigenvalue weighted by Crippen LogP contribution is -2.22. The Morgan fingerprint density at radius 2 is 2.06 bits per heavy atom. The summed E-state index contributed by atoms with van der Waals surface area (Å²) in [6.07, 6.45) is 1.55. The standard InChI is InChI=1S/C12H11ClN2O2/c13-9-5-11(14-7-9)12(17)15-6-8-1-3-10(16)4-2-8/h1-5,7,14,16H,6H2,(H,15,17). The number of carbonyl (C=O) groups excluding carboxylic acids is 1. The Hall–Kier alpha value is -1.94. The van der Waals surface area contributed by atoms with Crippen molar-refractivity contribution in [1.29, 1.82) is 0 Å². The number of halogens is 1. The van der Waals surface area contributed by atoms with Crippen LogP contribution in [0.25, 0.3) is 0 Å². The number of benzene rings is 1. The smallest absolute Gasteiger partial charge is 0.268 e. The van der Waals surface area contributed by atoms with Crippen LogP contribution in [0, 0.1) is 0 Å². The third-order valence-electron chi connectivity index (χ3n) is 2.28. The molecule has 4 nitrogen and oxygen atoms in total. The summed E-state index contributed by atoms with van der Waals surface area (Å²) in [5.41, 5.74) is 1.34. The molecule has 0 atom stereocenters. The molecule has 17 heavy (non-hydrogen) atoms. The minimum Gasteiger partial charge on any atom is -0.508 e. The maximum atomic E-state index is 11.6. The van der Waals surface area contributed by atoms with Gasteiger partial charge >= 0.3 is 0 Å². The van der Waals surface area contributed by atoms with Crippen molar-refractivity contribution in [3.05, 3.63) is 52.8 Å². The van der Waals surface area contributed by atoms with Gasteiger partial charge in [0.05, 0.1) is 5.02 Å². The van der Waals surface area contributed by atoms with E-state index in [1.54, 1.807) is 36.5 Å². The molecule has 0 aliphatic rings. The van der Waals surface area contributed by atoms with Gasteiger partial charge in [-0.1, -0.05) is 23.7 Å². The Kier molecular flexibility index (Phi) is 3.35. The zero-order valence-electron chi connectivity index (χ0n) is 8.90. The first-order chi connectivity index (χ1) is 8.15. The van der Waals surface area contributed by atoms with Crippen LogP contribution >= 0.6 is 11.6 Å². The summed E-state index contributed by atoms with van der Waals surface area (Å²) in [7, 11) is 0. The van der Waals surface area contributed by atoms with E-state index < -0.39 is 0 Å². The molecule has 0 aliphatic carbocycles. The van der Waals surface area contributed by atoms with Crippen LogP contribution in [0.2, 0.25) is 5.02 Å². The lowest BCUT2D eigenvalue weighted by atomic mass is 10.2. The van der Waals surface area contributed by atoms with Gasteiger partial charge in [-0.3, -0.25) is 4.79 Å². The van der Waals surface area contributed by atoms with Gasteiger partial charge in [0.2, 0.25) is 0 Å². The van der Waals surface area contributed by atoms with Crippen LogP contribution in [0.5, 0.6) is 5.75 Å². The average molecular weight is 251 g/mol. The molecule has 0 saturated heterocycles. The highest BCUT2D eigenvalue weighted by atomic mass is 35.5. The van der Waals surface area contributed by atoms with E-state index in [0.29, 0.717) is 17.3 Å². The number of aromatic nitrogens is 1. The second-order valence-electron chi connectivity index (χ2n) is 3.58. The van der Waals surface area contributed by atoms with Crippen molar-refractivity contribution >= 4 is 17.5 Å². The normalized spacial score (nSPS) is 10.2. The van der Waals surface area contributed by atoms with Gasteiger partial charge in [0, 0.05) is 12.7 Å². The number of nitrogens with one attached hydrogen (secondary N) is 2. The number of phenols is 1. The summed E-state index contributed by atoms with van der Waals surface area (Å²) in [5, 5.41) is 12.3. The first kappa shape index (κ1) is 11.5. The van der Waals surface area contributed by atoms with E-state index in [9.17, 15) is 4.79 Å². The number of aromatic hydroxyl groups is 1. The topological polar surface area (TPSA) is 65.1 Å². The molecule has 1 heterocycles. The van der Waals surface area contributed by atoms with Crippen LogP contribution in [0.3, 0.4) is 0 Å². The molecular formula is C12H11ClN2O2. The molecule has 0 spiro atoms. The Labute approximate surface area is 103 Å². The van der Waals surface area contributed by atoms with Crippen LogP contribution in [0.15, 0.2) is 36.5 Å². The van der Waals surface area contributed by atoms with Crippen molar-refractivity contribution in [2.75, 3.05) is 0 Å². The number of hydrogen-bond acceptors (Lipinski definition) is 2. The summed E-state index contributed by atoms with van der Waals surface area (Å²) < 4.78 is 0. The minimum atomic E-state index is -0.218. The molecule has 0 saturated carbocycles. The van der Waals surface area contributed by atoms with E-state index in [0.717, 1.165) is 5.56 Å².